The Labute approximate surface area is 175 Å². The largest absolute Gasteiger partial charge is 0.324 e. The van der Waals surface area contributed by atoms with Gasteiger partial charge in [-0.3, -0.25) is 9.59 Å². The second-order valence-electron chi connectivity index (χ2n) is 7.71. The van der Waals surface area contributed by atoms with E-state index in [2.05, 4.69) is 4.72 Å². The van der Waals surface area contributed by atoms with Crippen LogP contribution in [0, 0.1) is 6.92 Å². The van der Waals surface area contributed by atoms with Crippen LogP contribution in [-0.2, 0) is 14.8 Å². The summed E-state index contributed by atoms with van der Waals surface area (Å²) in [7, 11) is -4.04. The fourth-order valence-corrected chi connectivity index (χ4v) is 5.15. The van der Waals surface area contributed by atoms with Crippen LogP contribution in [-0.4, -0.2) is 37.2 Å². The number of carbonyl (C=O) groups is 2. The molecule has 0 spiro atoms. The first-order valence-corrected chi connectivity index (χ1v) is 11.1. The molecule has 1 heterocycles. The number of fused-ring (bicyclic) bond motifs is 1. The Morgan fingerprint density at radius 3 is 2.33 bits per heavy atom. The molecule has 7 heteroatoms. The molecule has 1 aliphatic rings. The summed E-state index contributed by atoms with van der Waals surface area (Å²) in [5.74, 6) is -0.991. The van der Waals surface area contributed by atoms with Crippen LogP contribution in [0.25, 0.3) is 10.8 Å². The van der Waals surface area contributed by atoms with E-state index in [0.29, 0.717) is 24.1 Å². The van der Waals surface area contributed by atoms with Crippen molar-refractivity contribution in [3.05, 3.63) is 77.9 Å². The maximum Gasteiger partial charge on any atom is 0.264 e. The highest BCUT2D eigenvalue weighted by molar-refractivity contribution is 7.90. The summed E-state index contributed by atoms with van der Waals surface area (Å²) in [5, 5.41) is 1.73. The standard InChI is InChI=1S/C23H22N2O4S/c1-16-8-3-6-13-20(16)30(28,29)24-22(27)23(2)14-15-25(23)21(26)19-12-7-10-17-9-4-5-11-18(17)19/h3-13H,14-15H2,1-2H3,(H,24,27). The van der Waals surface area contributed by atoms with Crippen molar-refractivity contribution in [1.82, 2.24) is 9.62 Å². The van der Waals surface area contributed by atoms with Gasteiger partial charge in [-0.1, -0.05) is 54.6 Å². The maximum atomic E-state index is 13.2. The molecule has 6 nitrogen and oxygen atoms in total. The van der Waals surface area contributed by atoms with Gasteiger partial charge in [0, 0.05) is 12.1 Å². The van der Waals surface area contributed by atoms with E-state index in [-0.39, 0.29) is 10.8 Å². The average molecular weight is 423 g/mol. The fraction of sp³-hybridized carbons (Fsp3) is 0.217. The Bertz CT molecular complexity index is 1260. The van der Waals surface area contributed by atoms with Crippen molar-refractivity contribution in [2.24, 2.45) is 0 Å². The number of carbonyl (C=O) groups excluding carboxylic acids is 2. The third-order valence-corrected chi connectivity index (χ3v) is 7.27. The zero-order valence-electron chi connectivity index (χ0n) is 16.8. The van der Waals surface area contributed by atoms with E-state index in [0.717, 1.165) is 10.8 Å². The third kappa shape index (κ3) is 3.25. The molecule has 154 valence electrons. The van der Waals surface area contributed by atoms with E-state index in [1.165, 1.54) is 11.0 Å². The van der Waals surface area contributed by atoms with Crippen molar-refractivity contribution in [1.29, 1.82) is 0 Å². The minimum atomic E-state index is -4.04. The number of hydrogen-bond acceptors (Lipinski definition) is 4. The van der Waals surface area contributed by atoms with Crippen molar-refractivity contribution < 1.29 is 18.0 Å². The van der Waals surface area contributed by atoms with Crippen molar-refractivity contribution in [2.75, 3.05) is 6.54 Å². The number of aryl methyl sites for hydroxylation is 1. The molecule has 3 aromatic carbocycles. The van der Waals surface area contributed by atoms with Gasteiger partial charge in [-0.15, -0.1) is 0 Å². The van der Waals surface area contributed by atoms with Crippen LogP contribution in [0.5, 0.6) is 0 Å². The molecule has 1 atom stereocenters. The Morgan fingerprint density at radius 1 is 0.967 bits per heavy atom. The van der Waals surface area contributed by atoms with E-state index >= 15 is 0 Å². The number of nitrogens with one attached hydrogen (secondary N) is 1. The van der Waals surface area contributed by atoms with Gasteiger partial charge >= 0.3 is 0 Å². The van der Waals surface area contributed by atoms with Gasteiger partial charge in [0.15, 0.2) is 0 Å². The zero-order chi connectivity index (χ0) is 21.5. The third-order valence-electron chi connectivity index (χ3n) is 5.78. The molecular formula is C23H22N2O4S. The molecule has 4 rings (SSSR count). The first-order valence-electron chi connectivity index (χ1n) is 9.67. The van der Waals surface area contributed by atoms with Gasteiger partial charge in [-0.2, -0.15) is 0 Å². The minimum Gasteiger partial charge on any atom is -0.324 e. The molecule has 0 bridgehead atoms. The highest BCUT2D eigenvalue weighted by Gasteiger charge is 2.50. The van der Waals surface area contributed by atoms with E-state index in [4.69, 9.17) is 0 Å². The van der Waals surface area contributed by atoms with E-state index < -0.39 is 21.5 Å². The van der Waals surface area contributed by atoms with E-state index in [9.17, 15) is 18.0 Å². The van der Waals surface area contributed by atoms with Crippen LogP contribution in [0.4, 0.5) is 0 Å². The van der Waals surface area contributed by atoms with Crippen LogP contribution in [0.1, 0.15) is 29.3 Å². The van der Waals surface area contributed by atoms with Gasteiger partial charge in [-0.05, 0) is 48.7 Å². The maximum absolute atomic E-state index is 13.2. The molecule has 30 heavy (non-hydrogen) atoms. The van der Waals surface area contributed by atoms with Crippen LogP contribution in [0.2, 0.25) is 0 Å². The lowest BCUT2D eigenvalue weighted by molar-refractivity contribution is -0.135. The van der Waals surface area contributed by atoms with Crippen LogP contribution in [0.15, 0.2) is 71.6 Å². The lowest BCUT2D eigenvalue weighted by Crippen LogP contribution is -2.67. The normalized spacial score (nSPS) is 18.7. The summed E-state index contributed by atoms with van der Waals surface area (Å²) in [6.45, 7) is 3.65. The second kappa shape index (κ2) is 7.25. The number of sulfonamides is 1. The molecule has 0 aliphatic carbocycles. The van der Waals surface area contributed by atoms with Crippen LogP contribution in [0.3, 0.4) is 0 Å². The molecule has 1 saturated heterocycles. The number of hydrogen-bond donors (Lipinski definition) is 1. The number of nitrogens with zero attached hydrogens (tertiary/aromatic N) is 1. The predicted molar refractivity (Wildman–Crippen MR) is 115 cm³/mol. The van der Waals surface area contributed by atoms with Gasteiger partial charge < -0.3 is 4.90 Å². The number of likely N-dealkylation sites (tertiary alicyclic amines) is 1. The molecule has 0 radical (unpaired) electrons. The highest BCUT2D eigenvalue weighted by atomic mass is 32.2. The molecule has 0 saturated carbocycles. The number of benzene rings is 3. The summed E-state index contributed by atoms with van der Waals surface area (Å²) in [6.07, 6.45) is 0.388. The first-order chi connectivity index (χ1) is 14.2. The van der Waals surface area contributed by atoms with E-state index in [1.807, 2.05) is 30.3 Å². The Morgan fingerprint density at radius 2 is 1.63 bits per heavy atom. The monoisotopic (exact) mass is 422 g/mol. The average Bonchev–Trinajstić information content (AvgIpc) is 2.71. The van der Waals surface area contributed by atoms with Crippen molar-refractivity contribution >= 4 is 32.6 Å². The molecule has 2 amide bonds. The molecular weight excluding hydrogens is 400 g/mol. The Kier molecular flexibility index (Phi) is 4.86. The molecule has 1 N–H and O–H groups in total. The minimum absolute atomic E-state index is 0.0493. The number of rotatable bonds is 4. The van der Waals surface area contributed by atoms with Gasteiger partial charge in [0.25, 0.3) is 21.8 Å². The Hall–Kier alpha value is -3.19. The van der Waals surface area contributed by atoms with Crippen LogP contribution < -0.4 is 4.72 Å². The van der Waals surface area contributed by atoms with Crippen molar-refractivity contribution in [3.63, 3.8) is 0 Å². The van der Waals surface area contributed by atoms with Gasteiger partial charge in [-0.25, -0.2) is 13.1 Å². The molecule has 3 aromatic rings. The molecule has 0 aromatic heterocycles. The SMILES string of the molecule is Cc1ccccc1S(=O)(=O)NC(=O)C1(C)CCN1C(=O)c1cccc2ccccc12. The predicted octanol–water partition coefficient (Wildman–Crippen LogP) is 3.26. The van der Waals surface area contributed by atoms with E-state index in [1.54, 1.807) is 44.2 Å². The lowest BCUT2D eigenvalue weighted by Gasteiger charge is -2.49. The molecule has 1 fully saturated rings. The zero-order valence-corrected chi connectivity index (χ0v) is 17.6. The van der Waals surface area contributed by atoms with Crippen LogP contribution >= 0.6 is 0 Å². The summed E-state index contributed by atoms with van der Waals surface area (Å²) >= 11 is 0. The summed E-state index contributed by atoms with van der Waals surface area (Å²) in [6, 6.07) is 19.4. The number of amides is 2. The quantitative estimate of drug-likeness (QED) is 0.700. The summed E-state index contributed by atoms with van der Waals surface area (Å²) in [4.78, 5) is 27.7. The summed E-state index contributed by atoms with van der Waals surface area (Å²) < 4.78 is 27.6. The van der Waals surface area contributed by atoms with Crippen molar-refractivity contribution in [3.8, 4) is 0 Å². The Balaban J connectivity index is 1.61. The first kappa shape index (κ1) is 20.1. The molecule has 1 aliphatic heterocycles. The van der Waals surface area contributed by atoms with Crippen molar-refractivity contribution in [2.45, 2.75) is 30.7 Å². The highest BCUT2D eigenvalue weighted by Crippen LogP contribution is 2.34. The summed E-state index contributed by atoms with van der Waals surface area (Å²) in [5.41, 5.74) is -0.196. The fourth-order valence-electron chi connectivity index (χ4n) is 3.82. The van der Waals surface area contributed by atoms with Gasteiger partial charge in [0.1, 0.15) is 5.54 Å². The smallest absolute Gasteiger partial charge is 0.264 e. The van der Waals surface area contributed by atoms with Gasteiger partial charge in [0.05, 0.1) is 4.90 Å². The molecule has 1 unspecified atom stereocenters. The lowest BCUT2D eigenvalue weighted by atomic mass is 9.84. The second-order valence-corrected chi connectivity index (χ2v) is 9.36. The topological polar surface area (TPSA) is 83.6 Å². The van der Waals surface area contributed by atoms with Gasteiger partial charge in [0.2, 0.25) is 0 Å².